The lowest BCUT2D eigenvalue weighted by molar-refractivity contribution is 0.701. The summed E-state index contributed by atoms with van der Waals surface area (Å²) in [6.45, 7) is 4.15. The molecule has 0 radical (unpaired) electrons. The van der Waals surface area contributed by atoms with Crippen molar-refractivity contribution in [2.45, 2.75) is 25.6 Å². The van der Waals surface area contributed by atoms with E-state index in [0.717, 1.165) is 11.7 Å². The number of nitrogens with zero attached hydrogens (tertiary/aromatic N) is 3. The van der Waals surface area contributed by atoms with Gasteiger partial charge in [-0.3, -0.25) is 0 Å². The van der Waals surface area contributed by atoms with Gasteiger partial charge in [-0.2, -0.15) is 5.10 Å². The largest absolute Gasteiger partial charge is 0.242 e. The summed E-state index contributed by atoms with van der Waals surface area (Å²) in [5.41, 5.74) is 0. The van der Waals surface area contributed by atoms with Crippen molar-refractivity contribution < 1.29 is 0 Å². The van der Waals surface area contributed by atoms with Gasteiger partial charge in [-0.25, -0.2) is 9.67 Å². The SMILES string of the molecule is CC(C)c1ncn(CSS)n1. The van der Waals surface area contributed by atoms with Gasteiger partial charge in [0, 0.05) is 5.92 Å². The Bertz CT molecular complexity index is 221. The van der Waals surface area contributed by atoms with E-state index in [1.165, 1.54) is 10.8 Å². The molecule has 0 N–H and O–H groups in total. The molecule has 0 unspecified atom stereocenters. The number of thiol groups is 1. The third-order valence-corrected chi connectivity index (χ3v) is 1.99. The Balaban J connectivity index is 2.66. The van der Waals surface area contributed by atoms with E-state index in [2.05, 4.69) is 35.6 Å². The number of rotatable bonds is 3. The second-order valence-electron chi connectivity index (χ2n) is 2.56. The maximum atomic E-state index is 4.24. The maximum absolute atomic E-state index is 4.24. The van der Waals surface area contributed by atoms with E-state index in [0.29, 0.717) is 5.92 Å². The first-order chi connectivity index (χ1) is 5.24. The van der Waals surface area contributed by atoms with Crippen molar-refractivity contribution in [3.8, 4) is 0 Å². The van der Waals surface area contributed by atoms with Crippen LogP contribution in [-0.2, 0) is 5.88 Å². The fraction of sp³-hybridized carbons (Fsp3) is 0.667. The van der Waals surface area contributed by atoms with Crippen LogP contribution in [0.3, 0.4) is 0 Å². The highest BCUT2D eigenvalue weighted by Crippen LogP contribution is 2.10. The molecular formula is C6H11N3S2. The Labute approximate surface area is 75.4 Å². The van der Waals surface area contributed by atoms with Gasteiger partial charge >= 0.3 is 0 Å². The van der Waals surface area contributed by atoms with Crippen molar-refractivity contribution in [2.75, 3.05) is 0 Å². The maximum Gasteiger partial charge on any atom is 0.153 e. The van der Waals surface area contributed by atoms with Crippen LogP contribution >= 0.6 is 22.5 Å². The molecule has 1 rings (SSSR count). The molecule has 0 spiro atoms. The van der Waals surface area contributed by atoms with Crippen molar-refractivity contribution in [3.63, 3.8) is 0 Å². The summed E-state index contributed by atoms with van der Waals surface area (Å²) >= 11 is 4.02. The van der Waals surface area contributed by atoms with Crippen LogP contribution < -0.4 is 0 Å². The highest BCUT2D eigenvalue weighted by molar-refractivity contribution is 8.68. The first kappa shape index (κ1) is 8.93. The van der Waals surface area contributed by atoms with Gasteiger partial charge in [0.15, 0.2) is 5.82 Å². The zero-order chi connectivity index (χ0) is 8.27. The van der Waals surface area contributed by atoms with Gasteiger partial charge in [-0.1, -0.05) is 24.6 Å². The quantitative estimate of drug-likeness (QED) is 0.582. The van der Waals surface area contributed by atoms with Crippen LogP contribution in [0.15, 0.2) is 6.33 Å². The van der Waals surface area contributed by atoms with Gasteiger partial charge in [0.2, 0.25) is 0 Å². The fourth-order valence-corrected chi connectivity index (χ4v) is 1.29. The van der Waals surface area contributed by atoms with Crippen LogP contribution in [0.5, 0.6) is 0 Å². The monoisotopic (exact) mass is 189 g/mol. The van der Waals surface area contributed by atoms with Crippen LogP contribution in [0.25, 0.3) is 0 Å². The second kappa shape index (κ2) is 4.01. The summed E-state index contributed by atoms with van der Waals surface area (Å²) in [6.07, 6.45) is 1.73. The number of aromatic nitrogens is 3. The van der Waals surface area contributed by atoms with Crippen molar-refractivity contribution in [1.29, 1.82) is 0 Å². The highest BCUT2D eigenvalue weighted by atomic mass is 33.1. The summed E-state index contributed by atoms with van der Waals surface area (Å²) in [7, 11) is 1.43. The van der Waals surface area contributed by atoms with E-state index < -0.39 is 0 Å². The van der Waals surface area contributed by atoms with Crippen molar-refractivity contribution in [1.82, 2.24) is 14.8 Å². The highest BCUT2D eigenvalue weighted by Gasteiger charge is 2.03. The zero-order valence-corrected chi connectivity index (χ0v) is 8.27. The Morgan fingerprint density at radius 1 is 1.73 bits per heavy atom. The number of hydrogen-bond acceptors (Lipinski definition) is 4. The van der Waals surface area contributed by atoms with Crippen LogP contribution in [0.2, 0.25) is 0 Å². The minimum atomic E-state index is 0.404. The van der Waals surface area contributed by atoms with Crippen molar-refractivity contribution >= 4 is 22.5 Å². The van der Waals surface area contributed by atoms with Crippen molar-refractivity contribution in [2.24, 2.45) is 0 Å². The standard InChI is InChI=1S/C6H11N3S2/c1-5(2)6-7-3-9(8-6)4-11-10/h3,5,10H,4H2,1-2H3. The lowest BCUT2D eigenvalue weighted by Crippen LogP contribution is -1.96. The van der Waals surface area contributed by atoms with Crippen LogP contribution in [-0.4, -0.2) is 14.8 Å². The van der Waals surface area contributed by atoms with Gasteiger partial charge in [-0.15, -0.1) is 11.7 Å². The van der Waals surface area contributed by atoms with E-state index in [-0.39, 0.29) is 0 Å². The molecule has 0 fully saturated rings. The van der Waals surface area contributed by atoms with E-state index in [4.69, 9.17) is 0 Å². The molecule has 0 amide bonds. The fourth-order valence-electron chi connectivity index (χ4n) is 0.695. The Morgan fingerprint density at radius 2 is 2.45 bits per heavy atom. The predicted molar refractivity (Wildman–Crippen MR) is 50.7 cm³/mol. The van der Waals surface area contributed by atoms with Gasteiger partial charge < -0.3 is 0 Å². The van der Waals surface area contributed by atoms with Gasteiger partial charge in [0.1, 0.15) is 6.33 Å². The first-order valence-corrected chi connectivity index (χ1v) is 5.43. The topological polar surface area (TPSA) is 30.7 Å². The molecule has 1 heterocycles. The lowest BCUT2D eigenvalue weighted by atomic mass is 10.2. The van der Waals surface area contributed by atoms with Crippen LogP contribution in [0.1, 0.15) is 25.6 Å². The zero-order valence-electron chi connectivity index (χ0n) is 6.56. The first-order valence-electron chi connectivity index (χ1n) is 3.39. The Hall–Kier alpha value is -0.160. The summed E-state index contributed by atoms with van der Waals surface area (Å²) in [5, 5.41) is 4.24. The molecule has 0 aliphatic heterocycles. The molecule has 0 aliphatic rings. The van der Waals surface area contributed by atoms with E-state index >= 15 is 0 Å². The third-order valence-electron chi connectivity index (χ3n) is 1.26. The molecule has 0 aromatic carbocycles. The summed E-state index contributed by atoms with van der Waals surface area (Å²) in [5.74, 6) is 2.05. The normalized spacial score (nSPS) is 10.9. The molecular weight excluding hydrogens is 178 g/mol. The molecule has 0 saturated heterocycles. The summed E-state index contributed by atoms with van der Waals surface area (Å²) in [6, 6.07) is 0. The minimum Gasteiger partial charge on any atom is -0.242 e. The average molecular weight is 189 g/mol. The smallest absolute Gasteiger partial charge is 0.153 e. The molecule has 62 valence electrons. The molecule has 5 heteroatoms. The number of hydrogen-bond donors (Lipinski definition) is 1. The lowest BCUT2D eigenvalue weighted by Gasteiger charge is -1.96. The third kappa shape index (κ3) is 2.41. The van der Waals surface area contributed by atoms with E-state index in [1.807, 2.05) is 0 Å². The molecule has 0 bridgehead atoms. The molecule has 1 aromatic heterocycles. The summed E-state index contributed by atoms with van der Waals surface area (Å²) in [4.78, 5) is 4.14. The summed E-state index contributed by atoms with van der Waals surface area (Å²) < 4.78 is 1.78. The molecule has 11 heavy (non-hydrogen) atoms. The van der Waals surface area contributed by atoms with Gasteiger partial charge in [0.05, 0.1) is 5.88 Å². The Kier molecular flexibility index (Phi) is 3.26. The molecule has 0 aliphatic carbocycles. The van der Waals surface area contributed by atoms with E-state index in [9.17, 15) is 0 Å². The average Bonchev–Trinajstić information content (AvgIpc) is 2.37. The predicted octanol–water partition coefficient (Wildman–Crippen LogP) is 1.94. The minimum absolute atomic E-state index is 0.404. The molecule has 0 atom stereocenters. The van der Waals surface area contributed by atoms with Gasteiger partial charge in [0.25, 0.3) is 0 Å². The second-order valence-corrected chi connectivity index (χ2v) is 3.85. The van der Waals surface area contributed by atoms with Crippen molar-refractivity contribution in [3.05, 3.63) is 12.2 Å². The molecule has 1 aromatic rings. The Morgan fingerprint density at radius 3 is 2.91 bits per heavy atom. The van der Waals surface area contributed by atoms with Crippen LogP contribution in [0, 0.1) is 0 Å². The van der Waals surface area contributed by atoms with Crippen LogP contribution in [0.4, 0.5) is 0 Å². The molecule has 0 saturated carbocycles. The molecule has 3 nitrogen and oxygen atoms in total. The van der Waals surface area contributed by atoms with E-state index in [1.54, 1.807) is 11.0 Å². The van der Waals surface area contributed by atoms with Gasteiger partial charge in [-0.05, 0) is 0 Å².